The van der Waals surface area contributed by atoms with Gasteiger partial charge in [-0.25, -0.2) is 0 Å². The van der Waals surface area contributed by atoms with Crippen LogP contribution >= 0.6 is 11.8 Å². The maximum absolute atomic E-state index is 5.91. The lowest BCUT2D eigenvalue weighted by atomic mass is 10.1. The van der Waals surface area contributed by atoms with Crippen LogP contribution in [0.1, 0.15) is 36.5 Å². The highest BCUT2D eigenvalue weighted by Crippen LogP contribution is 2.12. The zero-order valence-electron chi connectivity index (χ0n) is 14.6. The summed E-state index contributed by atoms with van der Waals surface area (Å²) in [5.74, 6) is 0.785. The first kappa shape index (κ1) is 19.2. The van der Waals surface area contributed by atoms with Crippen LogP contribution in [-0.4, -0.2) is 18.0 Å². The molecule has 2 N–H and O–H groups in total. The molecule has 0 saturated carbocycles. The molecule has 0 aliphatic carbocycles. The predicted molar refractivity (Wildman–Crippen MR) is 108 cm³/mol. The van der Waals surface area contributed by atoms with Crippen molar-refractivity contribution in [3.05, 3.63) is 71.3 Å². The van der Waals surface area contributed by atoms with Gasteiger partial charge < -0.3 is 10.5 Å². The normalized spacial score (nSPS) is 12.0. The van der Waals surface area contributed by atoms with E-state index in [2.05, 4.69) is 29.3 Å². The van der Waals surface area contributed by atoms with Gasteiger partial charge in [0.1, 0.15) is 0 Å². The Kier molecular flexibility index (Phi) is 8.80. The van der Waals surface area contributed by atoms with Gasteiger partial charge in [-0.3, -0.25) is 0 Å². The number of unbranched alkanes of at least 4 members (excludes halogenated alkanes) is 1. The summed E-state index contributed by atoms with van der Waals surface area (Å²) in [6.45, 7) is 3.52. The van der Waals surface area contributed by atoms with Gasteiger partial charge in [0.25, 0.3) is 0 Å². The van der Waals surface area contributed by atoms with E-state index in [1.165, 1.54) is 17.3 Å². The fraction of sp³-hybridized carbons (Fsp3) is 0.300. The highest BCUT2D eigenvalue weighted by molar-refractivity contribution is 8.13. The van der Waals surface area contributed by atoms with E-state index in [4.69, 9.17) is 10.5 Å². The molecule has 0 spiro atoms. The zero-order chi connectivity index (χ0) is 17.7. The fourth-order valence-electron chi connectivity index (χ4n) is 2.13. The number of hydrogen-bond donors (Lipinski definition) is 1. The molecule has 4 nitrogen and oxygen atoms in total. The van der Waals surface area contributed by atoms with Crippen molar-refractivity contribution in [1.82, 2.24) is 0 Å². The number of thioether (sulfide) groups is 1. The Morgan fingerprint density at radius 3 is 2.68 bits per heavy atom. The van der Waals surface area contributed by atoms with E-state index in [0.29, 0.717) is 11.8 Å². The van der Waals surface area contributed by atoms with Gasteiger partial charge in [-0.05, 0) is 17.5 Å². The lowest BCUT2D eigenvalue weighted by Gasteiger charge is -2.06. The molecular formula is C20H25N3OS. The second kappa shape index (κ2) is 11.4. The van der Waals surface area contributed by atoms with E-state index in [1.807, 2.05) is 42.5 Å². The summed E-state index contributed by atoms with van der Waals surface area (Å²) in [7, 11) is 0. The lowest BCUT2D eigenvalue weighted by Crippen LogP contribution is -2.06. The van der Waals surface area contributed by atoms with Crippen LogP contribution in [-0.2, 0) is 17.1 Å². The number of rotatable bonds is 9. The van der Waals surface area contributed by atoms with Crippen LogP contribution in [0.4, 0.5) is 0 Å². The molecule has 132 valence electrons. The summed E-state index contributed by atoms with van der Waals surface area (Å²) < 4.78 is 5.69. The quantitative estimate of drug-likeness (QED) is 0.310. The average molecular weight is 356 g/mol. The number of amidine groups is 1. The first-order chi connectivity index (χ1) is 12.3. The first-order valence-electron chi connectivity index (χ1n) is 8.48. The molecule has 0 bridgehead atoms. The van der Waals surface area contributed by atoms with Crippen LogP contribution in [0.15, 0.2) is 64.8 Å². The molecule has 5 heteroatoms. The highest BCUT2D eigenvalue weighted by atomic mass is 32.2. The number of nitrogens with zero attached hydrogens (tertiary/aromatic N) is 2. The standard InChI is InChI=1S/C20H25N3OS/c1-2-3-13-24-15-19-12-8-7-11-18(19)14-22-23-20(21)25-16-17-9-5-4-6-10-17/h4-12,14H,2-3,13,15-16H2,1H3,(H2,21,23). The Bertz CT molecular complexity index is 686. The summed E-state index contributed by atoms with van der Waals surface area (Å²) in [6.07, 6.45) is 3.95. The second-order valence-electron chi connectivity index (χ2n) is 5.56. The van der Waals surface area contributed by atoms with Crippen molar-refractivity contribution in [2.45, 2.75) is 32.1 Å². The number of nitrogens with two attached hydrogens (primary N) is 1. The van der Waals surface area contributed by atoms with E-state index in [-0.39, 0.29) is 0 Å². The summed E-state index contributed by atoms with van der Waals surface area (Å²) in [5, 5.41) is 8.65. The van der Waals surface area contributed by atoms with Gasteiger partial charge in [0.2, 0.25) is 0 Å². The average Bonchev–Trinajstić information content (AvgIpc) is 2.65. The third kappa shape index (κ3) is 7.54. The van der Waals surface area contributed by atoms with E-state index in [9.17, 15) is 0 Å². The summed E-state index contributed by atoms with van der Waals surface area (Å²) in [5.41, 5.74) is 9.23. The minimum Gasteiger partial charge on any atom is -0.377 e. The number of benzene rings is 2. The molecule has 0 fully saturated rings. The maximum atomic E-state index is 5.91. The molecule has 2 aromatic rings. The molecule has 0 aliphatic rings. The van der Waals surface area contributed by atoms with E-state index in [0.717, 1.165) is 36.3 Å². The predicted octanol–water partition coefficient (Wildman–Crippen LogP) is 4.59. The summed E-state index contributed by atoms with van der Waals surface area (Å²) in [6, 6.07) is 18.2. The smallest absolute Gasteiger partial charge is 0.180 e. The minimum atomic E-state index is 0.455. The number of hydrogen-bond acceptors (Lipinski definition) is 4. The molecule has 0 amide bonds. The Balaban J connectivity index is 1.87. The molecule has 0 heterocycles. The van der Waals surface area contributed by atoms with Crippen molar-refractivity contribution in [3.63, 3.8) is 0 Å². The highest BCUT2D eigenvalue weighted by Gasteiger charge is 2.00. The van der Waals surface area contributed by atoms with Gasteiger partial charge in [-0.1, -0.05) is 79.7 Å². The van der Waals surface area contributed by atoms with Crippen molar-refractivity contribution < 1.29 is 4.74 Å². The Hall–Kier alpha value is -2.11. The molecule has 2 rings (SSSR count). The minimum absolute atomic E-state index is 0.455. The molecule has 2 aromatic carbocycles. The maximum Gasteiger partial charge on any atom is 0.180 e. The zero-order valence-corrected chi connectivity index (χ0v) is 15.4. The van der Waals surface area contributed by atoms with Crippen molar-refractivity contribution >= 4 is 23.1 Å². The third-order valence-electron chi connectivity index (χ3n) is 3.54. The van der Waals surface area contributed by atoms with Gasteiger partial charge in [-0.2, -0.15) is 5.10 Å². The molecule has 0 radical (unpaired) electrons. The van der Waals surface area contributed by atoms with E-state index >= 15 is 0 Å². The monoisotopic (exact) mass is 355 g/mol. The third-order valence-corrected chi connectivity index (χ3v) is 4.39. The van der Waals surface area contributed by atoms with E-state index in [1.54, 1.807) is 6.21 Å². The molecule has 0 atom stereocenters. The van der Waals surface area contributed by atoms with Crippen molar-refractivity contribution in [3.8, 4) is 0 Å². The van der Waals surface area contributed by atoms with Gasteiger partial charge in [0.05, 0.1) is 12.8 Å². The van der Waals surface area contributed by atoms with Crippen molar-refractivity contribution in [2.75, 3.05) is 6.61 Å². The summed E-state index contributed by atoms with van der Waals surface area (Å²) in [4.78, 5) is 0. The largest absolute Gasteiger partial charge is 0.377 e. The van der Waals surface area contributed by atoms with Crippen LogP contribution in [0, 0.1) is 0 Å². The molecule has 0 saturated heterocycles. The second-order valence-corrected chi connectivity index (χ2v) is 6.56. The molecule has 0 aromatic heterocycles. The van der Waals surface area contributed by atoms with E-state index < -0.39 is 0 Å². The van der Waals surface area contributed by atoms with Crippen LogP contribution in [0.2, 0.25) is 0 Å². The van der Waals surface area contributed by atoms with Crippen LogP contribution < -0.4 is 5.73 Å². The SMILES string of the molecule is CCCCOCc1ccccc1C=NN=C(N)SCc1ccccc1. The summed E-state index contributed by atoms with van der Waals surface area (Å²) >= 11 is 1.48. The molecule has 0 aliphatic heterocycles. The Morgan fingerprint density at radius 1 is 1.12 bits per heavy atom. The first-order valence-corrected chi connectivity index (χ1v) is 9.47. The Morgan fingerprint density at radius 2 is 1.88 bits per heavy atom. The molecule has 0 unspecified atom stereocenters. The lowest BCUT2D eigenvalue weighted by molar-refractivity contribution is 0.118. The van der Waals surface area contributed by atoms with Crippen LogP contribution in [0.5, 0.6) is 0 Å². The topological polar surface area (TPSA) is 60.0 Å². The van der Waals surface area contributed by atoms with Gasteiger partial charge in [0.15, 0.2) is 5.17 Å². The molecular weight excluding hydrogens is 330 g/mol. The van der Waals surface area contributed by atoms with Gasteiger partial charge in [-0.15, -0.1) is 5.10 Å². The van der Waals surface area contributed by atoms with Crippen molar-refractivity contribution in [2.24, 2.45) is 15.9 Å². The van der Waals surface area contributed by atoms with Crippen molar-refractivity contribution in [1.29, 1.82) is 0 Å². The van der Waals surface area contributed by atoms with Crippen LogP contribution in [0.25, 0.3) is 0 Å². The van der Waals surface area contributed by atoms with Gasteiger partial charge in [0, 0.05) is 17.9 Å². The Labute approximate surface area is 154 Å². The number of ether oxygens (including phenoxy) is 1. The molecule has 25 heavy (non-hydrogen) atoms. The van der Waals surface area contributed by atoms with Gasteiger partial charge >= 0.3 is 0 Å². The van der Waals surface area contributed by atoms with Crippen LogP contribution in [0.3, 0.4) is 0 Å². The fourth-order valence-corrected chi connectivity index (χ4v) is 2.74.